The highest BCUT2D eigenvalue weighted by Gasteiger charge is 2.26. The molecule has 0 bridgehead atoms. The van der Waals surface area contributed by atoms with Gasteiger partial charge in [-0.1, -0.05) is 31.2 Å². The fraction of sp³-hybridized carbons (Fsp3) is 0.611. The Kier molecular flexibility index (Phi) is 5.40. The third-order valence-corrected chi connectivity index (χ3v) is 4.75. The molecule has 0 spiro atoms. The van der Waals surface area contributed by atoms with Crippen molar-refractivity contribution in [2.75, 3.05) is 13.1 Å². The number of carbonyl (C=O) groups excluding carboxylic acids is 1. The molecule has 3 atom stereocenters. The minimum absolute atomic E-state index is 0.175. The average Bonchev–Trinajstić information content (AvgIpc) is 2.47. The van der Waals surface area contributed by atoms with E-state index < -0.39 is 0 Å². The molecule has 3 heteroatoms. The van der Waals surface area contributed by atoms with Crippen LogP contribution < -0.4 is 5.73 Å². The lowest BCUT2D eigenvalue weighted by molar-refractivity contribution is -0.133. The summed E-state index contributed by atoms with van der Waals surface area (Å²) in [6.45, 7) is 8.03. The number of benzene rings is 1. The molecule has 0 aliphatic carbocycles. The summed E-state index contributed by atoms with van der Waals surface area (Å²) >= 11 is 0. The number of nitrogens with two attached hydrogens (primary N) is 1. The maximum atomic E-state index is 12.5. The Morgan fingerprint density at radius 3 is 2.76 bits per heavy atom. The topological polar surface area (TPSA) is 46.3 Å². The van der Waals surface area contributed by atoms with Crippen LogP contribution in [0, 0.1) is 12.8 Å². The molecule has 2 N–H and O–H groups in total. The minimum atomic E-state index is 0.175. The molecule has 1 aliphatic heterocycles. The van der Waals surface area contributed by atoms with E-state index in [1.165, 1.54) is 11.1 Å². The fourth-order valence-electron chi connectivity index (χ4n) is 3.31. The normalized spacial score (nSPS) is 21.9. The van der Waals surface area contributed by atoms with E-state index in [1.807, 2.05) is 11.0 Å². The first-order valence-electron chi connectivity index (χ1n) is 8.08. The van der Waals surface area contributed by atoms with Crippen LogP contribution in [-0.2, 0) is 4.79 Å². The highest BCUT2D eigenvalue weighted by Crippen LogP contribution is 2.25. The molecule has 0 radical (unpaired) electrons. The molecular formula is C18H28N2O. The van der Waals surface area contributed by atoms with Crippen molar-refractivity contribution < 1.29 is 4.79 Å². The zero-order valence-electron chi connectivity index (χ0n) is 13.5. The number of carbonyl (C=O) groups is 1. The van der Waals surface area contributed by atoms with Gasteiger partial charge in [-0.2, -0.15) is 0 Å². The Hall–Kier alpha value is -1.35. The van der Waals surface area contributed by atoms with E-state index in [1.54, 1.807) is 0 Å². The van der Waals surface area contributed by atoms with E-state index in [9.17, 15) is 4.79 Å². The van der Waals surface area contributed by atoms with Crippen molar-refractivity contribution in [3.63, 3.8) is 0 Å². The molecule has 0 unspecified atom stereocenters. The first kappa shape index (κ1) is 16.0. The lowest BCUT2D eigenvalue weighted by Crippen LogP contribution is -2.45. The molecule has 1 aromatic rings. The van der Waals surface area contributed by atoms with E-state index in [2.05, 4.69) is 39.0 Å². The molecule has 0 saturated carbocycles. The number of aryl methyl sites for hydroxylation is 1. The average molecular weight is 288 g/mol. The number of nitrogens with zero attached hydrogens (tertiary/aromatic N) is 1. The Morgan fingerprint density at radius 2 is 2.10 bits per heavy atom. The number of hydrogen-bond acceptors (Lipinski definition) is 2. The Balaban J connectivity index is 1.96. The van der Waals surface area contributed by atoms with E-state index in [0.29, 0.717) is 12.3 Å². The van der Waals surface area contributed by atoms with E-state index in [-0.39, 0.29) is 17.9 Å². The summed E-state index contributed by atoms with van der Waals surface area (Å²) in [7, 11) is 0. The molecule has 21 heavy (non-hydrogen) atoms. The Morgan fingerprint density at radius 1 is 1.38 bits per heavy atom. The summed E-state index contributed by atoms with van der Waals surface area (Å²) in [5.41, 5.74) is 8.56. The first-order chi connectivity index (χ1) is 9.99. The van der Waals surface area contributed by atoms with Crippen LogP contribution in [0.2, 0.25) is 0 Å². The molecule has 1 aliphatic rings. The van der Waals surface area contributed by atoms with Gasteiger partial charge < -0.3 is 10.6 Å². The van der Waals surface area contributed by atoms with Crippen LogP contribution in [0.5, 0.6) is 0 Å². The second-order valence-electron chi connectivity index (χ2n) is 6.56. The highest BCUT2D eigenvalue weighted by molar-refractivity contribution is 5.77. The molecule has 0 aromatic heterocycles. The molecule has 116 valence electrons. The maximum absolute atomic E-state index is 12.5. The van der Waals surface area contributed by atoms with Crippen LogP contribution in [-0.4, -0.2) is 29.9 Å². The van der Waals surface area contributed by atoms with Gasteiger partial charge in [-0.3, -0.25) is 4.79 Å². The molecule has 1 fully saturated rings. The van der Waals surface area contributed by atoms with Gasteiger partial charge in [0.25, 0.3) is 0 Å². The quantitative estimate of drug-likeness (QED) is 0.925. The fourth-order valence-corrected chi connectivity index (χ4v) is 3.31. The highest BCUT2D eigenvalue weighted by atomic mass is 16.2. The second kappa shape index (κ2) is 7.08. The number of likely N-dealkylation sites (tertiary alicyclic amines) is 1. The third-order valence-electron chi connectivity index (χ3n) is 4.75. The van der Waals surface area contributed by atoms with Gasteiger partial charge in [0.05, 0.1) is 0 Å². The van der Waals surface area contributed by atoms with Crippen LogP contribution >= 0.6 is 0 Å². The van der Waals surface area contributed by atoms with Gasteiger partial charge in [-0.25, -0.2) is 0 Å². The van der Waals surface area contributed by atoms with Gasteiger partial charge in [0.1, 0.15) is 0 Å². The predicted molar refractivity (Wildman–Crippen MR) is 87.2 cm³/mol. The molecule has 1 amide bonds. The second-order valence-corrected chi connectivity index (χ2v) is 6.56. The van der Waals surface area contributed by atoms with Gasteiger partial charge in [-0.15, -0.1) is 0 Å². The van der Waals surface area contributed by atoms with Crippen molar-refractivity contribution >= 4 is 5.91 Å². The molecule has 2 rings (SSSR count). The van der Waals surface area contributed by atoms with Crippen LogP contribution in [0.25, 0.3) is 0 Å². The molecule has 3 nitrogen and oxygen atoms in total. The summed E-state index contributed by atoms with van der Waals surface area (Å²) in [4.78, 5) is 14.6. The van der Waals surface area contributed by atoms with Crippen LogP contribution in [0.3, 0.4) is 0 Å². The summed E-state index contributed by atoms with van der Waals surface area (Å²) in [6, 6.07) is 8.52. The Bertz CT molecular complexity index is 484. The van der Waals surface area contributed by atoms with Gasteiger partial charge in [0.2, 0.25) is 5.91 Å². The third kappa shape index (κ3) is 4.07. The lowest BCUT2D eigenvalue weighted by atomic mass is 9.90. The van der Waals surface area contributed by atoms with Gasteiger partial charge in [-0.05, 0) is 49.7 Å². The zero-order chi connectivity index (χ0) is 15.4. The molecule has 1 heterocycles. The molecular weight excluding hydrogens is 260 g/mol. The van der Waals surface area contributed by atoms with Crippen molar-refractivity contribution in [2.24, 2.45) is 11.7 Å². The summed E-state index contributed by atoms with van der Waals surface area (Å²) < 4.78 is 0. The summed E-state index contributed by atoms with van der Waals surface area (Å²) in [6.07, 6.45) is 2.82. The van der Waals surface area contributed by atoms with E-state index in [0.717, 1.165) is 25.9 Å². The predicted octanol–water partition coefficient (Wildman–Crippen LogP) is 3.07. The minimum Gasteiger partial charge on any atom is -0.342 e. The van der Waals surface area contributed by atoms with Crippen LogP contribution in [0.4, 0.5) is 0 Å². The summed E-state index contributed by atoms with van der Waals surface area (Å²) in [5, 5.41) is 0. The standard InChI is InChI=1S/C18H28N2O/c1-13-7-4-5-9-17(13)14(2)11-18(21)20-10-6-8-16(12-20)15(3)19/h4-5,7,9,14-16H,6,8,10-12,19H2,1-3H3/t14-,15-,16+/m1/s1. The van der Waals surface area contributed by atoms with Crippen molar-refractivity contribution in [3.05, 3.63) is 35.4 Å². The molecule has 1 saturated heterocycles. The number of amides is 1. The van der Waals surface area contributed by atoms with Crippen LogP contribution in [0.15, 0.2) is 24.3 Å². The molecule has 1 aromatic carbocycles. The van der Waals surface area contributed by atoms with Crippen molar-refractivity contribution in [1.29, 1.82) is 0 Å². The van der Waals surface area contributed by atoms with Crippen LogP contribution in [0.1, 0.15) is 50.2 Å². The summed E-state index contributed by atoms with van der Waals surface area (Å²) in [5.74, 6) is 1.00. The Labute approximate surface area is 128 Å². The largest absolute Gasteiger partial charge is 0.342 e. The first-order valence-corrected chi connectivity index (χ1v) is 8.08. The monoisotopic (exact) mass is 288 g/mol. The van der Waals surface area contributed by atoms with E-state index in [4.69, 9.17) is 5.73 Å². The van der Waals surface area contributed by atoms with Gasteiger partial charge >= 0.3 is 0 Å². The number of rotatable bonds is 4. The maximum Gasteiger partial charge on any atom is 0.223 e. The number of piperidine rings is 1. The van der Waals surface area contributed by atoms with E-state index >= 15 is 0 Å². The SMILES string of the molecule is Cc1ccccc1[C@H](C)CC(=O)N1CCC[C@H]([C@@H](C)N)C1. The van der Waals surface area contributed by atoms with Crippen molar-refractivity contribution in [3.8, 4) is 0 Å². The zero-order valence-corrected chi connectivity index (χ0v) is 13.5. The van der Waals surface area contributed by atoms with Gasteiger partial charge in [0, 0.05) is 25.6 Å². The number of hydrogen-bond donors (Lipinski definition) is 1. The smallest absolute Gasteiger partial charge is 0.223 e. The van der Waals surface area contributed by atoms with Crippen molar-refractivity contribution in [1.82, 2.24) is 4.90 Å². The van der Waals surface area contributed by atoms with Gasteiger partial charge in [0.15, 0.2) is 0 Å². The lowest BCUT2D eigenvalue weighted by Gasteiger charge is -2.35. The van der Waals surface area contributed by atoms with Crippen molar-refractivity contribution in [2.45, 2.75) is 52.0 Å².